The standard InChI is InChI=1S/C19H20ClNO4S/c1-11-18(13(3)22)12(2)21-19(11)16(23)8-25-17(24)10-26-9-14-6-4-5-7-15(14)20/h4-7,21H,8-10H2,1-3H3. The van der Waals surface area contributed by atoms with Crippen LogP contribution in [0.4, 0.5) is 0 Å². The van der Waals surface area contributed by atoms with Gasteiger partial charge in [0.2, 0.25) is 5.78 Å². The third kappa shape index (κ3) is 4.99. The minimum absolute atomic E-state index is 0.108. The van der Waals surface area contributed by atoms with Crippen molar-refractivity contribution in [2.24, 2.45) is 0 Å². The molecule has 138 valence electrons. The lowest BCUT2D eigenvalue weighted by Gasteiger charge is -2.05. The highest BCUT2D eigenvalue weighted by atomic mass is 35.5. The number of H-pyrrole nitrogens is 1. The molecular weight excluding hydrogens is 374 g/mol. The molecule has 5 nitrogen and oxygen atoms in total. The normalized spacial score (nSPS) is 10.6. The Bertz CT molecular complexity index is 844. The fourth-order valence-corrected chi connectivity index (χ4v) is 3.78. The number of nitrogens with one attached hydrogen (secondary N) is 1. The molecule has 0 aliphatic carbocycles. The van der Waals surface area contributed by atoms with Gasteiger partial charge in [0.05, 0.1) is 11.4 Å². The molecule has 0 fully saturated rings. The number of aromatic amines is 1. The average Bonchev–Trinajstić information content (AvgIpc) is 2.89. The molecular formula is C19H20ClNO4S. The van der Waals surface area contributed by atoms with Crippen LogP contribution < -0.4 is 0 Å². The van der Waals surface area contributed by atoms with E-state index in [0.29, 0.717) is 33.3 Å². The largest absolute Gasteiger partial charge is 0.457 e. The molecule has 0 unspecified atom stereocenters. The zero-order valence-corrected chi connectivity index (χ0v) is 16.4. The summed E-state index contributed by atoms with van der Waals surface area (Å²) in [5, 5.41) is 0.655. The van der Waals surface area contributed by atoms with Crippen molar-refractivity contribution in [1.82, 2.24) is 4.98 Å². The van der Waals surface area contributed by atoms with Gasteiger partial charge in [0.25, 0.3) is 0 Å². The predicted octanol–water partition coefficient (Wildman–Crippen LogP) is 4.15. The van der Waals surface area contributed by atoms with Crippen LogP contribution in [0.5, 0.6) is 0 Å². The fourth-order valence-electron chi connectivity index (χ4n) is 2.68. The van der Waals surface area contributed by atoms with Crippen molar-refractivity contribution in [2.45, 2.75) is 26.5 Å². The Morgan fingerprint density at radius 2 is 1.88 bits per heavy atom. The smallest absolute Gasteiger partial charge is 0.316 e. The molecule has 0 aliphatic heterocycles. The predicted molar refractivity (Wildman–Crippen MR) is 103 cm³/mol. The molecule has 0 atom stereocenters. The number of carbonyl (C=O) groups is 3. The van der Waals surface area contributed by atoms with Gasteiger partial charge in [-0.3, -0.25) is 14.4 Å². The molecule has 0 bridgehead atoms. The number of thioether (sulfide) groups is 1. The molecule has 1 aromatic carbocycles. The van der Waals surface area contributed by atoms with Gasteiger partial charge in [-0.1, -0.05) is 29.8 Å². The van der Waals surface area contributed by atoms with E-state index in [1.807, 2.05) is 18.2 Å². The van der Waals surface area contributed by atoms with E-state index in [1.165, 1.54) is 18.7 Å². The number of esters is 1. The summed E-state index contributed by atoms with van der Waals surface area (Å²) in [6.45, 7) is 4.53. The number of halogens is 1. The van der Waals surface area contributed by atoms with Gasteiger partial charge in [-0.25, -0.2) is 0 Å². The second-order valence-electron chi connectivity index (χ2n) is 5.85. The van der Waals surface area contributed by atoms with E-state index in [0.717, 1.165) is 5.56 Å². The third-order valence-corrected chi connectivity index (χ3v) is 5.19. The van der Waals surface area contributed by atoms with Gasteiger partial charge < -0.3 is 9.72 Å². The number of benzene rings is 1. The van der Waals surface area contributed by atoms with Crippen molar-refractivity contribution in [3.63, 3.8) is 0 Å². The fraction of sp³-hybridized carbons (Fsp3) is 0.316. The summed E-state index contributed by atoms with van der Waals surface area (Å²) >= 11 is 7.43. The number of ketones is 2. The molecule has 1 heterocycles. The maximum absolute atomic E-state index is 12.3. The Morgan fingerprint density at radius 1 is 1.19 bits per heavy atom. The van der Waals surface area contributed by atoms with Gasteiger partial charge in [0, 0.05) is 22.0 Å². The number of hydrogen-bond donors (Lipinski definition) is 1. The molecule has 2 rings (SSSR count). The van der Waals surface area contributed by atoms with Crippen molar-refractivity contribution in [3.8, 4) is 0 Å². The Labute approximate surface area is 161 Å². The molecule has 0 spiro atoms. The Morgan fingerprint density at radius 3 is 2.50 bits per heavy atom. The Balaban J connectivity index is 1.84. The number of aromatic nitrogens is 1. The van der Waals surface area contributed by atoms with Crippen LogP contribution in [0.15, 0.2) is 24.3 Å². The molecule has 2 aromatic rings. The molecule has 1 aromatic heterocycles. The van der Waals surface area contributed by atoms with Gasteiger partial charge in [-0.15, -0.1) is 11.8 Å². The van der Waals surface area contributed by atoms with E-state index in [1.54, 1.807) is 19.9 Å². The van der Waals surface area contributed by atoms with E-state index >= 15 is 0 Å². The van der Waals surface area contributed by atoms with Crippen LogP contribution in [0.2, 0.25) is 5.02 Å². The SMILES string of the molecule is CC(=O)c1c(C)[nH]c(C(=O)COC(=O)CSCc2ccccc2Cl)c1C. The number of ether oxygens (including phenoxy) is 1. The average molecular weight is 394 g/mol. The lowest BCUT2D eigenvalue weighted by atomic mass is 10.1. The maximum atomic E-state index is 12.3. The van der Waals surface area contributed by atoms with Crippen LogP contribution in [0.3, 0.4) is 0 Å². The first-order valence-corrected chi connectivity index (χ1v) is 9.54. The van der Waals surface area contributed by atoms with Gasteiger partial charge >= 0.3 is 5.97 Å². The molecule has 0 amide bonds. The summed E-state index contributed by atoms with van der Waals surface area (Å²) in [5.41, 5.74) is 2.99. The van der Waals surface area contributed by atoms with E-state index in [9.17, 15) is 14.4 Å². The van der Waals surface area contributed by atoms with Crippen molar-refractivity contribution in [1.29, 1.82) is 0 Å². The maximum Gasteiger partial charge on any atom is 0.316 e. The molecule has 0 aliphatic rings. The highest BCUT2D eigenvalue weighted by Gasteiger charge is 2.20. The van der Waals surface area contributed by atoms with E-state index in [-0.39, 0.29) is 23.9 Å². The monoisotopic (exact) mass is 393 g/mol. The van der Waals surface area contributed by atoms with E-state index in [4.69, 9.17) is 16.3 Å². The molecule has 0 saturated carbocycles. The molecule has 0 saturated heterocycles. The van der Waals surface area contributed by atoms with Crippen LogP contribution in [0.25, 0.3) is 0 Å². The van der Waals surface area contributed by atoms with Crippen LogP contribution in [-0.4, -0.2) is 34.9 Å². The van der Waals surface area contributed by atoms with Crippen LogP contribution in [0.1, 0.15) is 44.6 Å². The van der Waals surface area contributed by atoms with Gasteiger partial charge in [-0.2, -0.15) is 0 Å². The topological polar surface area (TPSA) is 76.2 Å². The van der Waals surface area contributed by atoms with Gasteiger partial charge in [0.15, 0.2) is 12.4 Å². The van der Waals surface area contributed by atoms with Gasteiger partial charge in [-0.05, 0) is 38.0 Å². The second-order valence-corrected chi connectivity index (χ2v) is 7.24. The summed E-state index contributed by atoms with van der Waals surface area (Å²) in [6, 6.07) is 7.42. The number of aryl methyl sites for hydroxylation is 1. The van der Waals surface area contributed by atoms with Crippen LogP contribution >= 0.6 is 23.4 Å². The van der Waals surface area contributed by atoms with Crippen molar-refractivity contribution in [3.05, 3.63) is 57.4 Å². The number of Topliss-reactive ketones (excluding diaryl/α,β-unsaturated/α-hetero) is 2. The van der Waals surface area contributed by atoms with Crippen LogP contribution in [0, 0.1) is 13.8 Å². The van der Waals surface area contributed by atoms with Crippen molar-refractivity contribution in [2.75, 3.05) is 12.4 Å². The Hall–Kier alpha value is -2.05. The summed E-state index contributed by atoms with van der Waals surface area (Å²) in [7, 11) is 0. The van der Waals surface area contributed by atoms with Gasteiger partial charge in [0.1, 0.15) is 0 Å². The molecule has 26 heavy (non-hydrogen) atoms. The molecule has 1 N–H and O–H groups in total. The number of rotatable bonds is 8. The van der Waals surface area contributed by atoms with Crippen molar-refractivity contribution >= 4 is 40.9 Å². The lowest BCUT2D eigenvalue weighted by molar-refractivity contribution is -0.139. The first-order valence-electron chi connectivity index (χ1n) is 8.01. The summed E-state index contributed by atoms with van der Waals surface area (Å²) in [5.74, 6) is -0.228. The zero-order valence-electron chi connectivity index (χ0n) is 14.8. The summed E-state index contributed by atoms with van der Waals surface area (Å²) < 4.78 is 5.04. The Kier molecular flexibility index (Phi) is 7.06. The third-order valence-electron chi connectivity index (χ3n) is 3.87. The van der Waals surface area contributed by atoms with Crippen molar-refractivity contribution < 1.29 is 19.1 Å². The lowest BCUT2D eigenvalue weighted by Crippen LogP contribution is -2.16. The summed E-state index contributed by atoms with van der Waals surface area (Å²) in [6.07, 6.45) is 0. The van der Waals surface area contributed by atoms with E-state index in [2.05, 4.69) is 4.98 Å². The minimum atomic E-state index is -0.469. The zero-order chi connectivity index (χ0) is 19.3. The summed E-state index contributed by atoms with van der Waals surface area (Å²) in [4.78, 5) is 38.6. The second kappa shape index (κ2) is 9.05. The number of hydrogen-bond acceptors (Lipinski definition) is 5. The first kappa shape index (κ1) is 20.3. The highest BCUT2D eigenvalue weighted by Crippen LogP contribution is 2.21. The molecule has 7 heteroatoms. The quantitative estimate of drug-likeness (QED) is 0.538. The van der Waals surface area contributed by atoms with Crippen LogP contribution in [-0.2, 0) is 15.3 Å². The minimum Gasteiger partial charge on any atom is -0.457 e. The highest BCUT2D eigenvalue weighted by molar-refractivity contribution is 7.99. The number of carbonyl (C=O) groups excluding carboxylic acids is 3. The van der Waals surface area contributed by atoms with E-state index < -0.39 is 5.97 Å². The first-order chi connectivity index (χ1) is 12.3. The molecule has 0 radical (unpaired) electrons.